The van der Waals surface area contributed by atoms with Gasteiger partial charge >= 0.3 is 0 Å². The maximum absolute atomic E-state index is 6.39. The molecule has 4 nitrogen and oxygen atoms in total. The molecule has 1 saturated heterocycles. The van der Waals surface area contributed by atoms with E-state index in [2.05, 4.69) is 67.4 Å². The standard InChI is InChI=1S/C47H87NO3/c1-3-5-7-9-11-13-15-17-19-21-23-25-27-29-31-33-35-37-41-50-46-47(45-48-39-43-49-44-40-48)51-42-38-36-34-32-30-28-26-24-22-20-18-16-14-12-10-8-6-4-2/h11-14,17-20,47H,3-10,15-16,21-46H2,1-2H3/b13-11-,14-12-,19-17-,20-18-. The number of rotatable bonds is 39. The Morgan fingerprint density at radius 1 is 0.471 bits per heavy atom. The average molecular weight is 714 g/mol. The van der Waals surface area contributed by atoms with E-state index in [4.69, 9.17) is 14.2 Å². The highest BCUT2D eigenvalue weighted by Crippen LogP contribution is 2.13. The SMILES string of the molecule is CCCCC/C=C\C/C=C\CCCCCCCCCCOCC(CN1CCOCC1)OCCCCCCCCCC/C=C\C/C=C\CCCCC. The largest absolute Gasteiger partial charge is 0.379 e. The summed E-state index contributed by atoms with van der Waals surface area (Å²) in [5.74, 6) is 0. The van der Waals surface area contributed by atoms with E-state index in [-0.39, 0.29) is 6.10 Å². The Bertz CT molecular complexity index is 784. The third kappa shape index (κ3) is 36.9. The lowest BCUT2D eigenvalue weighted by atomic mass is 10.1. The minimum atomic E-state index is 0.181. The molecule has 0 spiro atoms. The van der Waals surface area contributed by atoms with Gasteiger partial charge in [0.15, 0.2) is 0 Å². The summed E-state index contributed by atoms with van der Waals surface area (Å²) < 4.78 is 18.1. The Kier molecular flexibility index (Phi) is 39.0. The molecule has 298 valence electrons. The second-order valence-corrected chi connectivity index (χ2v) is 15.1. The van der Waals surface area contributed by atoms with E-state index in [1.54, 1.807) is 0 Å². The van der Waals surface area contributed by atoms with E-state index < -0.39 is 0 Å². The third-order valence-electron chi connectivity index (χ3n) is 10.1. The number of hydrogen-bond acceptors (Lipinski definition) is 4. The Morgan fingerprint density at radius 2 is 0.863 bits per heavy atom. The predicted octanol–water partition coefficient (Wildman–Crippen LogP) is 13.9. The summed E-state index contributed by atoms with van der Waals surface area (Å²) in [6.45, 7) is 11.7. The van der Waals surface area contributed by atoms with Crippen molar-refractivity contribution in [1.29, 1.82) is 0 Å². The van der Waals surface area contributed by atoms with Crippen LogP contribution in [0.5, 0.6) is 0 Å². The van der Waals surface area contributed by atoms with Gasteiger partial charge in [-0.2, -0.15) is 0 Å². The van der Waals surface area contributed by atoms with Crippen molar-refractivity contribution in [2.75, 3.05) is 52.7 Å². The highest BCUT2D eigenvalue weighted by Gasteiger charge is 2.17. The van der Waals surface area contributed by atoms with Crippen LogP contribution in [0.2, 0.25) is 0 Å². The number of allylic oxidation sites excluding steroid dienone is 8. The van der Waals surface area contributed by atoms with Gasteiger partial charge in [0.25, 0.3) is 0 Å². The quantitative estimate of drug-likeness (QED) is 0.0469. The predicted molar refractivity (Wildman–Crippen MR) is 225 cm³/mol. The number of morpholine rings is 1. The van der Waals surface area contributed by atoms with Crippen molar-refractivity contribution >= 4 is 0 Å². The van der Waals surface area contributed by atoms with E-state index >= 15 is 0 Å². The van der Waals surface area contributed by atoms with Crippen molar-refractivity contribution in [2.24, 2.45) is 0 Å². The molecule has 51 heavy (non-hydrogen) atoms. The van der Waals surface area contributed by atoms with Crippen molar-refractivity contribution in [3.8, 4) is 0 Å². The molecule has 4 heteroatoms. The molecule has 1 atom stereocenters. The smallest absolute Gasteiger partial charge is 0.0934 e. The zero-order valence-electron chi connectivity index (χ0n) is 34.3. The van der Waals surface area contributed by atoms with Crippen LogP contribution in [0.3, 0.4) is 0 Å². The first-order valence-electron chi connectivity index (χ1n) is 22.5. The van der Waals surface area contributed by atoms with Gasteiger partial charge < -0.3 is 14.2 Å². The van der Waals surface area contributed by atoms with Crippen LogP contribution < -0.4 is 0 Å². The van der Waals surface area contributed by atoms with Crippen LogP contribution in [0.4, 0.5) is 0 Å². The van der Waals surface area contributed by atoms with Crippen LogP contribution >= 0.6 is 0 Å². The molecule has 0 aromatic heterocycles. The maximum atomic E-state index is 6.39. The van der Waals surface area contributed by atoms with Gasteiger partial charge in [0.2, 0.25) is 0 Å². The number of nitrogens with zero attached hydrogens (tertiary/aromatic N) is 1. The summed E-state index contributed by atoms with van der Waals surface area (Å²) in [6, 6.07) is 0. The summed E-state index contributed by atoms with van der Waals surface area (Å²) >= 11 is 0. The first kappa shape index (κ1) is 47.8. The molecule has 0 aromatic rings. The zero-order valence-corrected chi connectivity index (χ0v) is 34.3. The van der Waals surface area contributed by atoms with Crippen LogP contribution in [-0.2, 0) is 14.2 Å². The molecule has 1 fully saturated rings. The molecule has 1 aliphatic heterocycles. The fourth-order valence-corrected chi connectivity index (χ4v) is 6.68. The summed E-state index contributed by atoms with van der Waals surface area (Å²) in [5, 5.41) is 0. The topological polar surface area (TPSA) is 30.9 Å². The average Bonchev–Trinajstić information content (AvgIpc) is 3.15. The molecular formula is C47H87NO3. The number of unbranched alkanes of at least 4 members (excludes halogenated alkanes) is 22. The van der Waals surface area contributed by atoms with Crippen LogP contribution in [-0.4, -0.2) is 63.7 Å². The first-order valence-corrected chi connectivity index (χ1v) is 22.5. The molecule has 1 unspecified atom stereocenters. The van der Waals surface area contributed by atoms with Crippen LogP contribution in [0, 0.1) is 0 Å². The Balaban J connectivity index is 1.97. The van der Waals surface area contributed by atoms with E-state index in [0.29, 0.717) is 0 Å². The van der Waals surface area contributed by atoms with Crippen molar-refractivity contribution < 1.29 is 14.2 Å². The van der Waals surface area contributed by atoms with E-state index in [0.717, 1.165) is 65.5 Å². The Hall–Kier alpha value is -1.20. The minimum absolute atomic E-state index is 0.181. The Morgan fingerprint density at radius 3 is 1.31 bits per heavy atom. The van der Waals surface area contributed by atoms with Crippen molar-refractivity contribution in [3.05, 3.63) is 48.6 Å². The molecular weight excluding hydrogens is 627 g/mol. The van der Waals surface area contributed by atoms with E-state index in [1.807, 2.05) is 0 Å². The second kappa shape index (κ2) is 41.6. The van der Waals surface area contributed by atoms with Crippen molar-refractivity contribution in [2.45, 2.75) is 200 Å². The maximum Gasteiger partial charge on any atom is 0.0934 e. The molecule has 1 aliphatic rings. The summed E-state index contributed by atoms with van der Waals surface area (Å²) in [7, 11) is 0. The molecule has 0 aliphatic carbocycles. The van der Waals surface area contributed by atoms with Gasteiger partial charge in [-0.15, -0.1) is 0 Å². The summed E-state index contributed by atoms with van der Waals surface area (Å²) in [5.41, 5.74) is 0. The zero-order chi connectivity index (χ0) is 36.4. The lowest BCUT2D eigenvalue weighted by Gasteiger charge is -2.30. The van der Waals surface area contributed by atoms with Crippen molar-refractivity contribution in [1.82, 2.24) is 4.90 Å². The van der Waals surface area contributed by atoms with Gasteiger partial charge in [-0.05, 0) is 77.0 Å². The molecule has 0 amide bonds. The molecule has 0 N–H and O–H groups in total. The summed E-state index contributed by atoms with van der Waals surface area (Å²) in [4.78, 5) is 2.49. The van der Waals surface area contributed by atoms with Crippen LogP contribution in [0.15, 0.2) is 48.6 Å². The van der Waals surface area contributed by atoms with Crippen LogP contribution in [0.1, 0.15) is 194 Å². The second-order valence-electron chi connectivity index (χ2n) is 15.1. The lowest BCUT2D eigenvalue weighted by molar-refractivity contribution is -0.0496. The molecule has 0 saturated carbocycles. The van der Waals surface area contributed by atoms with Gasteiger partial charge in [-0.1, -0.05) is 165 Å². The minimum Gasteiger partial charge on any atom is -0.379 e. The number of ether oxygens (including phenoxy) is 3. The van der Waals surface area contributed by atoms with Crippen LogP contribution in [0.25, 0.3) is 0 Å². The lowest BCUT2D eigenvalue weighted by Crippen LogP contribution is -2.43. The monoisotopic (exact) mass is 714 g/mol. The molecule has 0 bridgehead atoms. The highest BCUT2D eigenvalue weighted by atomic mass is 16.5. The van der Waals surface area contributed by atoms with Gasteiger partial charge in [0.1, 0.15) is 0 Å². The molecule has 0 aromatic carbocycles. The summed E-state index contributed by atoms with van der Waals surface area (Å²) in [6.07, 6.45) is 55.5. The van der Waals surface area contributed by atoms with Gasteiger partial charge in [-0.3, -0.25) is 4.90 Å². The van der Waals surface area contributed by atoms with E-state index in [9.17, 15) is 0 Å². The highest BCUT2D eigenvalue weighted by molar-refractivity contribution is 4.93. The van der Waals surface area contributed by atoms with Gasteiger partial charge in [0, 0.05) is 32.8 Å². The van der Waals surface area contributed by atoms with Crippen molar-refractivity contribution in [3.63, 3.8) is 0 Å². The molecule has 0 radical (unpaired) electrons. The van der Waals surface area contributed by atoms with E-state index in [1.165, 1.54) is 167 Å². The normalized spacial score (nSPS) is 15.1. The van der Waals surface area contributed by atoms with Gasteiger partial charge in [0.05, 0.1) is 25.9 Å². The first-order chi connectivity index (χ1) is 25.4. The third-order valence-corrected chi connectivity index (χ3v) is 10.1. The van der Waals surface area contributed by atoms with Gasteiger partial charge in [-0.25, -0.2) is 0 Å². The Labute approximate surface area is 319 Å². The molecule has 1 heterocycles. The fourth-order valence-electron chi connectivity index (χ4n) is 6.68. The molecule has 1 rings (SSSR count). The number of hydrogen-bond donors (Lipinski definition) is 0. The fraction of sp³-hybridized carbons (Fsp3) is 0.830.